The molecule has 0 spiro atoms. The van der Waals surface area contributed by atoms with Crippen LogP contribution in [-0.2, 0) is 19.0 Å². The molecular weight excluding hydrogens is 303 g/mol. The van der Waals surface area contributed by atoms with Crippen molar-refractivity contribution in [3.63, 3.8) is 0 Å². The van der Waals surface area contributed by atoms with Crippen LogP contribution < -0.4 is 9.05 Å². The Bertz CT molecular complexity index is 518. The Morgan fingerprint density at radius 1 is 0.909 bits per heavy atom. The van der Waals surface area contributed by atoms with Crippen molar-refractivity contribution in [1.29, 1.82) is 0 Å². The first-order valence-electron chi connectivity index (χ1n) is 7.80. The van der Waals surface area contributed by atoms with E-state index in [0.29, 0.717) is 31.3 Å². The summed E-state index contributed by atoms with van der Waals surface area (Å²) >= 11 is 0. The Balaban J connectivity index is 2.54. The van der Waals surface area contributed by atoms with Crippen molar-refractivity contribution in [2.45, 2.75) is 47.0 Å². The van der Waals surface area contributed by atoms with Gasteiger partial charge in [-0.15, -0.1) is 0 Å². The van der Waals surface area contributed by atoms with Gasteiger partial charge in [-0.3, -0.25) is 0 Å². The molecule has 22 heavy (non-hydrogen) atoms. The predicted molar refractivity (Wildman–Crippen MR) is 88.2 cm³/mol. The molecule has 0 bridgehead atoms. The molecule has 0 fully saturated rings. The predicted octanol–water partition coefficient (Wildman–Crippen LogP) is 4.99. The van der Waals surface area contributed by atoms with E-state index in [1.54, 1.807) is 0 Å². The number of fused-ring (bicyclic) bond motifs is 1. The second kappa shape index (κ2) is 5.97. The van der Waals surface area contributed by atoms with E-state index in [2.05, 4.69) is 20.8 Å². The summed E-state index contributed by atoms with van der Waals surface area (Å²) in [5.41, 5.74) is 0.944. The second-order valence-corrected chi connectivity index (χ2v) is 8.69. The molecule has 0 saturated heterocycles. The molecule has 1 aromatic carbocycles. The Labute approximate surface area is 133 Å². The minimum absolute atomic E-state index is 0.0936. The summed E-state index contributed by atoms with van der Waals surface area (Å²) in [5.74, 6) is 1.27. The van der Waals surface area contributed by atoms with Crippen LogP contribution in [0.15, 0.2) is 18.2 Å². The molecular formula is C16H27O5P. The Morgan fingerprint density at radius 3 is 1.91 bits per heavy atom. The molecule has 6 heteroatoms. The number of benzene rings is 1. The van der Waals surface area contributed by atoms with Crippen LogP contribution in [0.4, 0.5) is 0 Å². The van der Waals surface area contributed by atoms with Gasteiger partial charge in [0.05, 0.1) is 0 Å². The molecule has 0 unspecified atom stereocenters. The van der Waals surface area contributed by atoms with Crippen LogP contribution in [0.25, 0.3) is 0 Å². The van der Waals surface area contributed by atoms with Gasteiger partial charge in [-0.25, -0.2) is 0 Å². The molecule has 1 aliphatic heterocycles. The van der Waals surface area contributed by atoms with Gasteiger partial charge >= 0.3 is 132 Å². The molecule has 0 radical (unpaired) electrons. The molecule has 0 N–H and O–H groups in total. The number of rotatable bonds is 6. The average molecular weight is 330 g/mol. The van der Waals surface area contributed by atoms with E-state index in [0.717, 1.165) is 5.56 Å². The molecule has 1 aliphatic rings. The summed E-state index contributed by atoms with van der Waals surface area (Å²) < 4.78 is 29.8. The molecule has 2 rings (SSSR count). The van der Waals surface area contributed by atoms with Gasteiger partial charge in [-0.05, 0) is 0 Å². The van der Waals surface area contributed by atoms with E-state index >= 15 is 0 Å². The number of hydrogen-bond acceptors (Lipinski definition) is 5. The Morgan fingerprint density at radius 2 is 1.45 bits per heavy atom. The summed E-state index contributed by atoms with van der Waals surface area (Å²) in [7, 11) is -4.09. The van der Waals surface area contributed by atoms with Crippen LogP contribution in [0.1, 0.15) is 47.1 Å². The number of hydrogen-bond donors (Lipinski definition) is 0. The molecule has 1 aromatic rings. The molecule has 0 atom stereocenters. The summed E-state index contributed by atoms with van der Waals surface area (Å²) in [6, 6.07) is 5.84. The van der Waals surface area contributed by atoms with Gasteiger partial charge in [-0.1, -0.05) is 0 Å². The fraction of sp³-hybridized carbons (Fsp3) is 0.625. The van der Waals surface area contributed by atoms with Crippen molar-refractivity contribution in [2.24, 2.45) is 0 Å². The van der Waals surface area contributed by atoms with E-state index in [1.165, 1.54) is 0 Å². The molecule has 1 heterocycles. The normalized spacial score (nSPS) is 20.4. The Kier molecular flexibility index (Phi) is 4.74. The first-order chi connectivity index (χ1) is 10.3. The fourth-order valence-corrected chi connectivity index (χ4v) is 5.30. The van der Waals surface area contributed by atoms with E-state index < -0.39 is 7.74 Å². The molecule has 126 valence electrons. The van der Waals surface area contributed by atoms with E-state index in [1.807, 2.05) is 39.0 Å². The molecule has 0 amide bonds. The molecule has 5 nitrogen and oxygen atoms in total. The third-order valence-corrected chi connectivity index (χ3v) is 6.31. The fourth-order valence-electron chi connectivity index (χ4n) is 2.50. The van der Waals surface area contributed by atoms with Gasteiger partial charge in [0.25, 0.3) is 0 Å². The second-order valence-electron chi connectivity index (χ2n) is 6.06. The Hall–Kier alpha value is -0.870. The monoisotopic (exact) mass is 330 g/mol. The van der Waals surface area contributed by atoms with Gasteiger partial charge in [-0.2, -0.15) is 0 Å². The van der Waals surface area contributed by atoms with Crippen LogP contribution in [0, 0.1) is 0 Å². The molecule has 0 aliphatic carbocycles. The van der Waals surface area contributed by atoms with Crippen molar-refractivity contribution < 1.29 is 22.6 Å². The summed E-state index contributed by atoms with van der Waals surface area (Å²) in [6.45, 7) is 13.1. The maximum absolute atomic E-state index is 6.20. The third kappa shape index (κ3) is 2.95. The van der Waals surface area contributed by atoms with Gasteiger partial charge in [0, 0.05) is 0 Å². The van der Waals surface area contributed by atoms with Crippen molar-refractivity contribution in [3.8, 4) is 11.5 Å². The molecule has 0 aromatic heterocycles. The minimum atomic E-state index is -4.09. The van der Waals surface area contributed by atoms with Crippen LogP contribution in [0.2, 0.25) is 0 Å². The van der Waals surface area contributed by atoms with Crippen molar-refractivity contribution in [1.82, 2.24) is 0 Å². The van der Waals surface area contributed by atoms with Crippen molar-refractivity contribution in [2.75, 3.05) is 19.8 Å². The topological polar surface area (TPSA) is 46.2 Å². The summed E-state index contributed by atoms with van der Waals surface area (Å²) in [5, 5.41) is 0. The zero-order chi connectivity index (χ0) is 16.5. The van der Waals surface area contributed by atoms with Crippen molar-refractivity contribution >= 4 is 7.74 Å². The van der Waals surface area contributed by atoms with Gasteiger partial charge in [0.15, 0.2) is 0 Å². The first-order valence-corrected chi connectivity index (χ1v) is 9.63. The SMILES string of the molecule is CCOP1(OCC)(OCC)Oc2cccc(C(C)(C)C)c2O1. The van der Waals surface area contributed by atoms with Crippen LogP contribution >= 0.6 is 7.74 Å². The van der Waals surface area contributed by atoms with E-state index in [9.17, 15) is 0 Å². The maximum atomic E-state index is 6.20. The quantitative estimate of drug-likeness (QED) is 0.687. The van der Waals surface area contributed by atoms with E-state index in [-0.39, 0.29) is 5.41 Å². The third-order valence-electron chi connectivity index (χ3n) is 3.29. The van der Waals surface area contributed by atoms with Crippen LogP contribution in [0.5, 0.6) is 11.5 Å². The number of para-hydroxylation sites is 1. The van der Waals surface area contributed by atoms with Crippen LogP contribution in [0.3, 0.4) is 0 Å². The van der Waals surface area contributed by atoms with Crippen LogP contribution in [-0.4, -0.2) is 19.8 Å². The van der Waals surface area contributed by atoms with Gasteiger partial charge in [0.2, 0.25) is 0 Å². The van der Waals surface area contributed by atoms with Crippen molar-refractivity contribution in [3.05, 3.63) is 23.8 Å². The molecule has 0 saturated carbocycles. The zero-order valence-electron chi connectivity index (χ0n) is 14.3. The first kappa shape index (κ1) is 17.5. The van der Waals surface area contributed by atoms with E-state index in [4.69, 9.17) is 22.6 Å². The van der Waals surface area contributed by atoms with Gasteiger partial charge in [0.1, 0.15) is 0 Å². The average Bonchev–Trinajstić information content (AvgIpc) is 2.72. The van der Waals surface area contributed by atoms with Gasteiger partial charge < -0.3 is 0 Å². The summed E-state index contributed by atoms with van der Waals surface area (Å²) in [6.07, 6.45) is 0. The standard InChI is InChI=1S/C16H27O5P/c1-7-17-22(18-8-2,19-9-3)20-14-12-10-11-13(15(14)21-22)16(4,5)6/h10-12H,7-9H2,1-6H3. The summed E-state index contributed by atoms with van der Waals surface area (Å²) in [4.78, 5) is 0. The zero-order valence-corrected chi connectivity index (χ0v) is 15.2.